The van der Waals surface area contributed by atoms with Crippen LogP contribution in [0.25, 0.3) is 10.9 Å². The van der Waals surface area contributed by atoms with E-state index in [1.54, 1.807) is 20.0 Å². The van der Waals surface area contributed by atoms with Gasteiger partial charge in [-0.15, -0.1) is 0 Å². The van der Waals surface area contributed by atoms with Crippen LogP contribution in [0.3, 0.4) is 0 Å². The van der Waals surface area contributed by atoms with Gasteiger partial charge in [-0.3, -0.25) is 4.79 Å². The Hall–Kier alpha value is -1.81. The highest BCUT2D eigenvalue weighted by Crippen LogP contribution is 2.18. The first-order chi connectivity index (χ1) is 8.03. The molecule has 1 aromatic carbocycles. The van der Waals surface area contributed by atoms with Gasteiger partial charge in [0.2, 0.25) is 0 Å². The molecule has 2 aromatic rings. The molecule has 1 heterocycles. The third-order valence-corrected chi connectivity index (χ3v) is 2.68. The van der Waals surface area contributed by atoms with Gasteiger partial charge in [0.15, 0.2) is 0 Å². The summed E-state index contributed by atoms with van der Waals surface area (Å²) in [7, 11) is 0. The fourth-order valence-electron chi connectivity index (χ4n) is 1.67. The molecule has 0 aliphatic heterocycles. The Labute approximate surface area is 99.7 Å². The van der Waals surface area contributed by atoms with Crippen LogP contribution >= 0.6 is 0 Å². The first-order valence-corrected chi connectivity index (χ1v) is 5.53. The third-order valence-electron chi connectivity index (χ3n) is 2.68. The van der Waals surface area contributed by atoms with Crippen molar-refractivity contribution in [3.63, 3.8) is 0 Å². The molecule has 0 aliphatic carbocycles. The Morgan fingerprint density at radius 1 is 1.41 bits per heavy atom. The number of H-pyrrole nitrogens is 1. The van der Waals surface area contributed by atoms with Gasteiger partial charge >= 0.3 is 0 Å². The van der Waals surface area contributed by atoms with Gasteiger partial charge in [-0.25, -0.2) is 0 Å². The van der Waals surface area contributed by atoms with Gasteiger partial charge in [0, 0.05) is 17.1 Å². The topological polar surface area (TPSA) is 65.1 Å². The number of carbonyl (C=O) groups excluding carboxylic acids is 1. The molecule has 17 heavy (non-hydrogen) atoms. The standard InChI is InChI=1S/C13H16N2O2/c1-13(2,8-16)15-12(17)10-7-14-11-6-4-3-5-9(10)11/h3-7,14,16H,8H2,1-2H3,(H,15,17). The van der Waals surface area contributed by atoms with Gasteiger partial charge in [-0.1, -0.05) is 18.2 Å². The van der Waals surface area contributed by atoms with Crippen LogP contribution in [-0.2, 0) is 0 Å². The van der Waals surface area contributed by atoms with E-state index in [9.17, 15) is 4.79 Å². The Morgan fingerprint density at radius 2 is 2.12 bits per heavy atom. The van der Waals surface area contributed by atoms with Crippen LogP contribution in [0, 0.1) is 0 Å². The molecule has 0 radical (unpaired) electrons. The number of aliphatic hydroxyl groups excluding tert-OH is 1. The average molecular weight is 232 g/mol. The lowest BCUT2D eigenvalue weighted by atomic mass is 10.1. The van der Waals surface area contributed by atoms with Crippen LogP contribution in [-0.4, -0.2) is 28.1 Å². The predicted octanol–water partition coefficient (Wildman–Crippen LogP) is 1.67. The van der Waals surface area contributed by atoms with E-state index in [1.807, 2.05) is 24.3 Å². The van der Waals surface area contributed by atoms with Gasteiger partial charge in [0.25, 0.3) is 5.91 Å². The molecular formula is C13H16N2O2. The smallest absolute Gasteiger partial charge is 0.253 e. The second-order valence-electron chi connectivity index (χ2n) is 4.74. The highest BCUT2D eigenvalue weighted by Gasteiger charge is 2.21. The van der Waals surface area contributed by atoms with Crippen molar-refractivity contribution in [2.75, 3.05) is 6.61 Å². The Kier molecular flexibility index (Phi) is 2.90. The van der Waals surface area contributed by atoms with E-state index in [0.717, 1.165) is 10.9 Å². The number of rotatable bonds is 3. The van der Waals surface area contributed by atoms with E-state index in [1.165, 1.54) is 0 Å². The lowest BCUT2D eigenvalue weighted by Gasteiger charge is -2.23. The molecule has 0 saturated heterocycles. The summed E-state index contributed by atoms with van der Waals surface area (Å²) in [5.74, 6) is -0.179. The summed E-state index contributed by atoms with van der Waals surface area (Å²) in [6, 6.07) is 7.62. The summed E-state index contributed by atoms with van der Waals surface area (Å²) in [6.45, 7) is 3.46. The zero-order chi connectivity index (χ0) is 12.5. The maximum atomic E-state index is 12.1. The Morgan fingerprint density at radius 3 is 2.82 bits per heavy atom. The summed E-state index contributed by atoms with van der Waals surface area (Å²) in [5.41, 5.74) is 0.914. The largest absolute Gasteiger partial charge is 0.394 e. The summed E-state index contributed by atoms with van der Waals surface area (Å²) in [6.07, 6.45) is 1.69. The number of aliphatic hydroxyl groups is 1. The molecule has 1 aromatic heterocycles. The van der Waals surface area contributed by atoms with Gasteiger partial charge in [-0.05, 0) is 19.9 Å². The van der Waals surface area contributed by atoms with E-state index in [0.29, 0.717) is 5.56 Å². The van der Waals surface area contributed by atoms with Crippen LogP contribution in [0.4, 0.5) is 0 Å². The van der Waals surface area contributed by atoms with Crippen LogP contribution < -0.4 is 5.32 Å². The van der Waals surface area contributed by atoms with Gasteiger partial charge < -0.3 is 15.4 Å². The summed E-state index contributed by atoms with van der Waals surface area (Å²) in [5, 5.41) is 12.8. The minimum Gasteiger partial charge on any atom is -0.394 e. The SMILES string of the molecule is CC(C)(CO)NC(=O)c1c[nH]c2ccccc12. The van der Waals surface area contributed by atoms with Crippen molar-refractivity contribution >= 4 is 16.8 Å². The number of aromatic nitrogens is 1. The van der Waals surface area contributed by atoms with Crippen molar-refractivity contribution < 1.29 is 9.90 Å². The number of para-hydroxylation sites is 1. The zero-order valence-corrected chi connectivity index (χ0v) is 9.95. The summed E-state index contributed by atoms with van der Waals surface area (Å²) >= 11 is 0. The number of nitrogens with one attached hydrogen (secondary N) is 2. The van der Waals surface area contributed by atoms with Crippen molar-refractivity contribution in [3.8, 4) is 0 Å². The lowest BCUT2D eigenvalue weighted by Crippen LogP contribution is -2.46. The molecular weight excluding hydrogens is 216 g/mol. The van der Waals surface area contributed by atoms with E-state index < -0.39 is 5.54 Å². The van der Waals surface area contributed by atoms with Crippen LogP contribution in [0.5, 0.6) is 0 Å². The molecule has 0 spiro atoms. The minimum atomic E-state index is -0.616. The predicted molar refractivity (Wildman–Crippen MR) is 66.9 cm³/mol. The van der Waals surface area contributed by atoms with E-state index in [2.05, 4.69) is 10.3 Å². The van der Waals surface area contributed by atoms with Gasteiger partial charge in [0.1, 0.15) is 0 Å². The molecule has 0 atom stereocenters. The van der Waals surface area contributed by atoms with Crippen LogP contribution in [0.2, 0.25) is 0 Å². The lowest BCUT2D eigenvalue weighted by molar-refractivity contribution is 0.0871. The number of carbonyl (C=O) groups is 1. The maximum absolute atomic E-state index is 12.1. The number of aromatic amines is 1. The molecule has 3 N–H and O–H groups in total. The van der Waals surface area contributed by atoms with E-state index >= 15 is 0 Å². The summed E-state index contributed by atoms with van der Waals surface area (Å²) in [4.78, 5) is 15.1. The van der Waals surface area contributed by atoms with Gasteiger partial charge in [-0.2, -0.15) is 0 Å². The normalized spacial score (nSPS) is 11.7. The maximum Gasteiger partial charge on any atom is 0.253 e. The zero-order valence-electron chi connectivity index (χ0n) is 9.95. The highest BCUT2D eigenvalue weighted by atomic mass is 16.3. The van der Waals surface area contributed by atoms with E-state index in [-0.39, 0.29) is 12.5 Å². The fraction of sp³-hybridized carbons (Fsp3) is 0.308. The van der Waals surface area contributed by atoms with Crippen molar-refractivity contribution in [1.29, 1.82) is 0 Å². The quantitative estimate of drug-likeness (QED) is 0.753. The molecule has 0 aliphatic rings. The third kappa shape index (κ3) is 2.31. The molecule has 0 unspecified atom stereocenters. The van der Waals surface area contributed by atoms with Crippen LogP contribution in [0.1, 0.15) is 24.2 Å². The second kappa shape index (κ2) is 4.22. The monoisotopic (exact) mass is 232 g/mol. The molecule has 1 amide bonds. The minimum absolute atomic E-state index is 0.0961. The average Bonchev–Trinajstić information content (AvgIpc) is 2.72. The fourth-order valence-corrected chi connectivity index (χ4v) is 1.67. The number of hydrogen-bond donors (Lipinski definition) is 3. The first kappa shape index (κ1) is 11.7. The first-order valence-electron chi connectivity index (χ1n) is 5.53. The van der Waals surface area contributed by atoms with Crippen molar-refractivity contribution in [2.24, 2.45) is 0 Å². The number of hydrogen-bond acceptors (Lipinski definition) is 2. The molecule has 0 bridgehead atoms. The molecule has 90 valence electrons. The van der Waals surface area contributed by atoms with Gasteiger partial charge in [0.05, 0.1) is 17.7 Å². The van der Waals surface area contributed by atoms with Crippen molar-refractivity contribution in [1.82, 2.24) is 10.3 Å². The molecule has 4 heteroatoms. The molecule has 2 rings (SSSR count). The molecule has 0 fully saturated rings. The number of amides is 1. The highest BCUT2D eigenvalue weighted by molar-refractivity contribution is 6.06. The van der Waals surface area contributed by atoms with E-state index in [4.69, 9.17) is 5.11 Å². The van der Waals surface area contributed by atoms with Crippen molar-refractivity contribution in [3.05, 3.63) is 36.0 Å². The summed E-state index contributed by atoms with van der Waals surface area (Å²) < 4.78 is 0. The second-order valence-corrected chi connectivity index (χ2v) is 4.74. The van der Waals surface area contributed by atoms with Crippen LogP contribution in [0.15, 0.2) is 30.5 Å². The number of benzene rings is 1. The molecule has 4 nitrogen and oxygen atoms in total. The Bertz CT molecular complexity index is 543. The number of fused-ring (bicyclic) bond motifs is 1. The van der Waals surface area contributed by atoms with Crippen molar-refractivity contribution in [2.45, 2.75) is 19.4 Å². The Balaban J connectivity index is 2.31. The molecule has 0 saturated carbocycles.